The first-order chi connectivity index (χ1) is 10.6. The van der Waals surface area contributed by atoms with Gasteiger partial charge in [-0.25, -0.2) is 0 Å². The van der Waals surface area contributed by atoms with Crippen molar-refractivity contribution < 1.29 is 14.3 Å². The van der Waals surface area contributed by atoms with Gasteiger partial charge in [-0.15, -0.1) is 0 Å². The van der Waals surface area contributed by atoms with Gasteiger partial charge >= 0.3 is 0 Å². The zero-order valence-corrected chi connectivity index (χ0v) is 13.5. The van der Waals surface area contributed by atoms with E-state index in [0.717, 1.165) is 43.9 Å². The van der Waals surface area contributed by atoms with Gasteiger partial charge in [0.05, 0.1) is 14.2 Å². The zero-order chi connectivity index (χ0) is 15.7. The molecule has 3 rings (SSSR count). The van der Waals surface area contributed by atoms with Crippen molar-refractivity contribution in [3.8, 4) is 11.5 Å². The lowest BCUT2D eigenvalue weighted by Crippen LogP contribution is -2.51. The average molecular weight is 304 g/mol. The molecule has 1 saturated heterocycles. The molecule has 120 valence electrons. The molecule has 2 aliphatic heterocycles. The van der Waals surface area contributed by atoms with Crippen LogP contribution in [0.25, 0.3) is 0 Å². The topological polar surface area (TPSA) is 50.8 Å². The van der Waals surface area contributed by atoms with Crippen LogP contribution in [0.3, 0.4) is 0 Å². The Kier molecular flexibility index (Phi) is 4.25. The predicted molar refractivity (Wildman–Crippen MR) is 84.3 cm³/mol. The molecule has 0 saturated carbocycles. The highest BCUT2D eigenvalue weighted by Gasteiger charge is 2.33. The van der Waals surface area contributed by atoms with Crippen LogP contribution in [-0.4, -0.2) is 43.7 Å². The quantitative estimate of drug-likeness (QED) is 0.924. The predicted octanol–water partition coefficient (Wildman–Crippen LogP) is 1.73. The molecule has 1 fully saturated rings. The van der Waals surface area contributed by atoms with Crippen LogP contribution >= 0.6 is 0 Å². The van der Waals surface area contributed by atoms with Gasteiger partial charge in [-0.3, -0.25) is 9.69 Å². The molecule has 1 aromatic rings. The van der Waals surface area contributed by atoms with Gasteiger partial charge in [0.15, 0.2) is 11.5 Å². The van der Waals surface area contributed by atoms with Crippen LogP contribution in [0.5, 0.6) is 11.5 Å². The summed E-state index contributed by atoms with van der Waals surface area (Å²) >= 11 is 0. The van der Waals surface area contributed by atoms with E-state index in [1.165, 1.54) is 11.1 Å². The van der Waals surface area contributed by atoms with E-state index in [2.05, 4.69) is 22.3 Å². The highest BCUT2D eigenvalue weighted by atomic mass is 16.5. The number of rotatable bonds is 3. The number of nitrogens with one attached hydrogen (secondary N) is 1. The fourth-order valence-electron chi connectivity index (χ4n) is 3.71. The van der Waals surface area contributed by atoms with E-state index >= 15 is 0 Å². The third-order valence-electron chi connectivity index (χ3n) is 4.78. The average Bonchev–Trinajstić information content (AvgIpc) is 2.51. The summed E-state index contributed by atoms with van der Waals surface area (Å²) in [5.74, 6) is 1.66. The number of benzene rings is 1. The summed E-state index contributed by atoms with van der Waals surface area (Å²) < 4.78 is 10.8. The standard InChI is InChI=1S/C17H24N2O3/c1-11(20)18-14-4-5-19-10-13-8-17(22-3)16(21-2)7-12(13)6-15(19)9-14/h7-8,14-15H,4-6,9-10H2,1-3H3,(H,18,20)/t14-,15+/m1/s1. The first-order valence-corrected chi connectivity index (χ1v) is 7.85. The van der Waals surface area contributed by atoms with Gasteiger partial charge in [0, 0.05) is 32.1 Å². The first kappa shape index (κ1) is 15.2. The Labute approximate surface area is 131 Å². The zero-order valence-electron chi connectivity index (χ0n) is 13.5. The highest BCUT2D eigenvalue weighted by molar-refractivity contribution is 5.73. The lowest BCUT2D eigenvalue weighted by Gasteiger charge is -2.43. The van der Waals surface area contributed by atoms with E-state index in [9.17, 15) is 4.79 Å². The van der Waals surface area contributed by atoms with Gasteiger partial charge in [-0.1, -0.05) is 0 Å². The molecule has 5 nitrogen and oxygen atoms in total. The van der Waals surface area contributed by atoms with E-state index in [1.807, 2.05) is 0 Å². The maximum Gasteiger partial charge on any atom is 0.217 e. The molecule has 1 aromatic carbocycles. The van der Waals surface area contributed by atoms with E-state index in [4.69, 9.17) is 9.47 Å². The van der Waals surface area contributed by atoms with Crippen molar-refractivity contribution in [3.05, 3.63) is 23.3 Å². The van der Waals surface area contributed by atoms with Gasteiger partial charge < -0.3 is 14.8 Å². The Morgan fingerprint density at radius 1 is 1.23 bits per heavy atom. The normalized spacial score (nSPS) is 24.1. The molecule has 0 radical (unpaired) electrons. The van der Waals surface area contributed by atoms with Gasteiger partial charge in [-0.05, 0) is 42.5 Å². The van der Waals surface area contributed by atoms with Crippen molar-refractivity contribution in [1.82, 2.24) is 10.2 Å². The molecular formula is C17H24N2O3. The molecule has 2 aliphatic rings. The van der Waals surface area contributed by atoms with Crippen LogP contribution in [-0.2, 0) is 17.8 Å². The molecule has 1 N–H and O–H groups in total. The van der Waals surface area contributed by atoms with Crippen molar-refractivity contribution >= 4 is 5.91 Å². The number of hydrogen-bond donors (Lipinski definition) is 1. The Morgan fingerprint density at radius 3 is 2.55 bits per heavy atom. The van der Waals surface area contributed by atoms with Crippen molar-refractivity contribution in [2.75, 3.05) is 20.8 Å². The number of hydrogen-bond acceptors (Lipinski definition) is 4. The van der Waals surface area contributed by atoms with E-state index in [-0.39, 0.29) is 5.91 Å². The summed E-state index contributed by atoms with van der Waals surface area (Å²) in [4.78, 5) is 13.8. The maximum atomic E-state index is 11.3. The Morgan fingerprint density at radius 2 is 1.91 bits per heavy atom. The van der Waals surface area contributed by atoms with Gasteiger partial charge in [0.1, 0.15) is 0 Å². The summed E-state index contributed by atoms with van der Waals surface area (Å²) in [5, 5.41) is 3.07. The van der Waals surface area contributed by atoms with Crippen molar-refractivity contribution in [2.45, 2.75) is 44.8 Å². The van der Waals surface area contributed by atoms with Crippen LogP contribution in [0.1, 0.15) is 30.9 Å². The Balaban J connectivity index is 1.80. The van der Waals surface area contributed by atoms with Crippen molar-refractivity contribution in [2.24, 2.45) is 0 Å². The summed E-state index contributed by atoms with van der Waals surface area (Å²) in [6.45, 7) is 3.58. The van der Waals surface area contributed by atoms with E-state index in [1.54, 1.807) is 21.1 Å². The first-order valence-electron chi connectivity index (χ1n) is 7.85. The minimum Gasteiger partial charge on any atom is -0.493 e. The van der Waals surface area contributed by atoms with Crippen molar-refractivity contribution in [1.29, 1.82) is 0 Å². The maximum absolute atomic E-state index is 11.3. The third-order valence-corrected chi connectivity index (χ3v) is 4.78. The largest absolute Gasteiger partial charge is 0.493 e. The van der Waals surface area contributed by atoms with Gasteiger partial charge in [0.25, 0.3) is 0 Å². The summed E-state index contributed by atoms with van der Waals surface area (Å²) in [5.41, 5.74) is 2.66. The minimum atomic E-state index is 0.0704. The second-order valence-electron chi connectivity index (χ2n) is 6.23. The number of ether oxygens (including phenoxy) is 2. The number of fused-ring (bicyclic) bond motifs is 2. The molecule has 0 aromatic heterocycles. The smallest absolute Gasteiger partial charge is 0.217 e. The van der Waals surface area contributed by atoms with E-state index in [0.29, 0.717) is 12.1 Å². The Bertz CT molecular complexity index is 573. The van der Waals surface area contributed by atoms with Gasteiger partial charge in [-0.2, -0.15) is 0 Å². The lowest BCUT2D eigenvalue weighted by atomic mass is 9.86. The number of amides is 1. The molecule has 2 atom stereocenters. The lowest BCUT2D eigenvalue weighted by molar-refractivity contribution is -0.120. The molecule has 1 amide bonds. The molecular weight excluding hydrogens is 280 g/mol. The molecule has 22 heavy (non-hydrogen) atoms. The second kappa shape index (κ2) is 6.16. The minimum absolute atomic E-state index is 0.0704. The molecule has 2 heterocycles. The molecule has 0 spiro atoms. The SMILES string of the molecule is COc1cc2c(cc1OC)CN1CC[C@@H](NC(C)=O)C[C@@H]1C2. The number of carbonyl (C=O) groups is 1. The summed E-state index contributed by atoms with van der Waals surface area (Å²) in [7, 11) is 3.35. The highest BCUT2D eigenvalue weighted by Crippen LogP contribution is 2.36. The van der Waals surface area contributed by atoms with Crippen LogP contribution < -0.4 is 14.8 Å². The fraction of sp³-hybridized carbons (Fsp3) is 0.588. The van der Waals surface area contributed by atoms with Crippen LogP contribution in [0.2, 0.25) is 0 Å². The monoisotopic (exact) mass is 304 g/mol. The fourth-order valence-corrected chi connectivity index (χ4v) is 3.71. The summed E-state index contributed by atoms with van der Waals surface area (Å²) in [6, 6.07) is 5.01. The number of methoxy groups -OCH3 is 2. The van der Waals surface area contributed by atoms with Crippen molar-refractivity contribution in [3.63, 3.8) is 0 Å². The van der Waals surface area contributed by atoms with E-state index < -0.39 is 0 Å². The molecule has 0 unspecified atom stereocenters. The molecule has 5 heteroatoms. The molecule has 0 bridgehead atoms. The number of nitrogens with zero attached hydrogens (tertiary/aromatic N) is 1. The van der Waals surface area contributed by atoms with Crippen LogP contribution in [0.4, 0.5) is 0 Å². The third kappa shape index (κ3) is 2.90. The number of piperidine rings is 1. The second-order valence-corrected chi connectivity index (χ2v) is 6.23. The Hall–Kier alpha value is -1.75. The van der Waals surface area contributed by atoms with Gasteiger partial charge in [0.2, 0.25) is 5.91 Å². The number of carbonyl (C=O) groups excluding carboxylic acids is 1. The summed E-state index contributed by atoms with van der Waals surface area (Å²) in [6.07, 6.45) is 3.05. The van der Waals surface area contributed by atoms with Crippen LogP contribution in [0, 0.1) is 0 Å². The molecule has 0 aliphatic carbocycles. The van der Waals surface area contributed by atoms with Crippen LogP contribution in [0.15, 0.2) is 12.1 Å².